The molecule has 0 saturated carbocycles. The van der Waals surface area contributed by atoms with Gasteiger partial charge in [0.05, 0.1) is 10.9 Å². The van der Waals surface area contributed by atoms with Crippen LogP contribution in [0.2, 0.25) is 0 Å². The van der Waals surface area contributed by atoms with E-state index in [9.17, 15) is 18.0 Å². The van der Waals surface area contributed by atoms with Gasteiger partial charge in [0.1, 0.15) is 12.6 Å². The SMILES string of the molecule is O=C(OCc1ccccc1)C1CC[C@@H]2CN1C(=O)N2OS(=O)(=O)c1ccccc1. The van der Waals surface area contributed by atoms with E-state index in [0.717, 1.165) is 10.6 Å². The number of hydrogen-bond donors (Lipinski definition) is 0. The highest BCUT2D eigenvalue weighted by atomic mass is 32.2. The quantitative estimate of drug-likeness (QED) is 0.671. The number of hydroxylamine groups is 2. The molecule has 2 fully saturated rings. The van der Waals surface area contributed by atoms with Crippen LogP contribution in [0.15, 0.2) is 65.6 Å². The number of nitrogens with zero attached hydrogens (tertiary/aromatic N) is 2. The van der Waals surface area contributed by atoms with Crippen LogP contribution >= 0.6 is 0 Å². The van der Waals surface area contributed by atoms with Gasteiger partial charge in [-0.15, -0.1) is 4.28 Å². The fraction of sp³-hybridized carbons (Fsp3) is 0.300. The molecule has 8 nitrogen and oxygen atoms in total. The number of carbonyl (C=O) groups excluding carboxylic acids is 2. The van der Waals surface area contributed by atoms with Crippen LogP contribution in [-0.4, -0.2) is 49.0 Å². The molecule has 0 aromatic heterocycles. The van der Waals surface area contributed by atoms with Crippen molar-refractivity contribution in [3.05, 3.63) is 66.2 Å². The van der Waals surface area contributed by atoms with Gasteiger partial charge in [-0.2, -0.15) is 13.5 Å². The second kappa shape index (κ2) is 7.84. The third-order valence-corrected chi connectivity index (χ3v) is 6.24. The van der Waals surface area contributed by atoms with Crippen molar-refractivity contribution >= 4 is 22.1 Å². The van der Waals surface area contributed by atoms with Crippen molar-refractivity contribution in [2.75, 3.05) is 6.54 Å². The second-order valence-corrected chi connectivity index (χ2v) is 8.47. The molecule has 4 rings (SSSR count). The fourth-order valence-electron chi connectivity index (χ4n) is 3.54. The van der Waals surface area contributed by atoms with E-state index in [0.29, 0.717) is 12.8 Å². The molecule has 0 radical (unpaired) electrons. The molecular formula is C20H20N2O6S. The predicted molar refractivity (Wildman–Crippen MR) is 102 cm³/mol. The number of esters is 1. The molecule has 2 atom stereocenters. The van der Waals surface area contributed by atoms with Gasteiger partial charge in [0, 0.05) is 6.54 Å². The number of ether oxygens (including phenoxy) is 1. The summed E-state index contributed by atoms with van der Waals surface area (Å²) in [5.41, 5.74) is 0.848. The monoisotopic (exact) mass is 416 g/mol. The minimum atomic E-state index is -4.14. The third kappa shape index (κ3) is 3.96. The van der Waals surface area contributed by atoms with Crippen LogP contribution in [0.25, 0.3) is 0 Å². The molecule has 2 aromatic rings. The lowest BCUT2D eigenvalue weighted by Crippen LogP contribution is -2.45. The zero-order valence-electron chi connectivity index (χ0n) is 15.5. The summed E-state index contributed by atoms with van der Waals surface area (Å²) in [5, 5.41) is 0.868. The maximum atomic E-state index is 12.7. The van der Waals surface area contributed by atoms with E-state index in [2.05, 4.69) is 0 Å². The van der Waals surface area contributed by atoms with Crippen molar-refractivity contribution in [2.24, 2.45) is 0 Å². The first kappa shape index (κ1) is 19.4. The van der Waals surface area contributed by atoms with Gasteiger partial charge < -0.3 is 9.64 Å². The molecule has 2 saturated heterocycles. The van der Waals surface area contributed by atoms with Gasteiger partial charge >= 0.3 is 22.1 Å². The molecule has 9 heteroatoms. The minimum Gasteiger partial charge on any atom is -0.459 e. The molecule has 2 heterocycles. The first-order valence-corrected chi connectivity index (χ1v) is 10.7. The van der Waals surface area contributed by atoms with Crippen LogP contribution in [0, 0.1) is 0 Å². The van der Waals surface area contributed by atoms with Crippen molar-refractivity contribution in [1.82, 2.24) is 9.96 Å². The van der Waals surface area contributed by atoms with Gasteiger partial charge in [-0.25, -0.2) is 9.59 Å². The second-order valence-electron chi connectivity index (χ2n) is 6.94. The van der Waals surface area contributed by atoms with E-state index in [4.69, 9.17) is 9.02 Å². The normalized spacial score (nSPS) is 21.3. The maximum absolute atomic E-state index is 12.7. The molecule has 0 aliphatic carbocycles. The smallest absolute Gasteiger partial charge is 0.346 e. The Morgan fingerprint density at radius 3 is 2.34 bits per heavy atom. The Labute approximate surface area is 168 Å². The Bertz CT molecular complexity index is 996. The van der Waals surface area contributed by atoms with E-state index in [-0.39, 0.29) is 18.0 Å². The number of amides is 2. The summed E-state index contributed by atoms with van der Waals surface area (Å²) in [4.78, 5) is 26.5. The Morgan fingerprint density at radius 2 is 1.66 bits per heavy atom. The van der Waals surface area contributed by atoms with E-state index in [1.165, 1.54) is 17.0 Å². The largest absolute Gasteiger partial charge is 0.459 e. The fourth-order valence-corrected chi connectivity index (χ4v) is 4.51. The van der Waals surface area contributed by atoms with Crippen LogP contribution in [0.1, 0.15) is 18.4 Å². The maximum Gasteiger partial charge on any atom is 0.346 e. The summed E-state index contributed by atoms with van der Waals surface area (Å²) in [7, 11) is -4.14. The Morgan fingerprint density at radius 1 is 1.00 bits per heavy atom. The van der Waals surface area contributed by atoms with Gasteiger partial charge in [-0.3, -0.25) is 0 Å². The van der Waals surface area contributed by atoms with Crippen molar-refractivity contribution < 1.29 is 27.0 Å². The van der Waals surface area contributed by atoms with Gasteiger partial charge in [0.2, 0.25) is 0 Å². The highest BCUT2D eigenvalue weighted by Gasteiger charge is 2.50. The number of hydrogen-bond acceptors (Lipinski definition) is 6. The average molecular weight is 416 g/mol. The highest BCUT2D eigenvalue weighted by molar-refractivity contribution is 7.86. The molecule has 2 aromatic carbocycles. The van der Waals surface area contributed by atoms with E-state index in [1.807, 2.05) is 30.3 Å². The molecule has 2 bridgehead atoms. The minimum absolute atomic E-state index is 0.0388. The zero-order valence-corrected chi connectivity index (χ0v) is 16.3. The summed E-state index contributed by atoms with van der Waals surface area (Å²) in [6.45, 7) is 0.332. The first-order chi connectivity index (χ1) is 14.0. The van der Waals surface area contributed by atoms with Gasteiger partial charge in [-0.05, 0) is 30.5 Å². The number of carbonyl (C=O) groups is 2. The summed E-state index contributed by atoms with van der Waals surface area (Å²) in [5.74, 6) is -0.506. The molecule has 152 valence electrons. The Balaban J connectivity index is 1.43. The topological polar surface area (TPSA) is 93.2 Å². The van der Waals surface area contributed by atoms with Crippen molar-refractivity contribution in [3.63, 3.8) is 0 Å². The predicted octanol–water partition coefficient (Wildman–Crippen LogP) is 2.32. The van der Waals surface area contributed by atoms with E-state index < -0.39 is 34.2 Å². The molecule has 1 unspecified atom stereocenters. The van der Waals surface area contributed by atoms with Crippen molar-refractivity contribution in [3.8, 4) is 0 Å². The summed E-state index contributed by atoms with van der Waals surface area (Å²) >= 11 is 0. The lowest BCUT2D eigenvalue weighted by atomic mass is 10.0. The van der Waals surface area contributed by atoms with E-state index in [1.54, 1.807) is 18.2 Å². The molecule has 2 aliphatic heterocycles. The van der Waals surface area contributed by atoms with Crippen LogP contribution in [0.5, 0.6) is 0 Å². The Kier molecular flexibility index (Phi) is 5.25. The van der Waals surface area contributed by atoms with Crippen molar-refractivity contribution in [1.29, 1.82) is 0 Å². The molecule has 0 N–H and O–H groups in total. The number of benzene rings is 2. The standard InChI is InChI=1S/C20H20N2O6S/c23-19(27-14-15-7-3-1-4-8-15)18-12-11-16-13-21(18)20(24)22(16)28-29(25,26)17-9-5-2-6-10-17/h1-10,16,18H,11-14H2/t16-,18?/m1/s1. The van der Waals surface area contributed by atoms with Gasteiger partial charge in [-0.1, -0.05) is 48.5 Å². The average Bonchev–Trinajstić information content (AvgIpc) is 2.98. The molecule has 2 aliphatic rings. The highest BCUT2D eigenvalue weighted by Crippen LogP contribution is 2.32. The number of urea groups is 1. The molecular weight excluding hydrogens is 396 g/mol. The lowest BCUT2D eigenvalue weighted by Gasteiger charge is -2.28. The lowest BCUT2D eigenvalue weighted by molar-refractivity contribution is -0.151. The summed E-state index contributed by atoms with van der Waals surface area (Å²) in [6, 6.07) is 15.0. The van der Waals surface area contributed by atoms with Crippen LogP contribution in [0.4, 0.5) is 4.79 Å². The van der Waals surface area contributed by atoms with Crippen molar-refractivity contribution in [2.45, 2.75) is 36.4 Å². The number of piperidine rings is 1. The summed E-state index contributed by atoms with van der Waals surface area (Å²) < 4.78 is 35.4. The molecule has 29 heavy (non-hydrogen) atoms. The molecule has 2 amide bonds. The first-order valence-electron chi connectivity index (χ1n) is 9.26. The number of rotatable bonds is 6. The van der Waals surface area contributed by atoms with Crippen LogP contribution < -0.4 is 0 Å². The number of fused-ring (bicyclic) bond motifs is 2. The van der Waals surface area contributed by atoms with Gasteiger partial charge in [0.25, 0.3) is 0 Å². The third-order valence-electron chi connectivity index (χ3n) is 5.03. The molecule has 0 spiro atoms. The van der Waals surface area contributed by atoms with E-state index >= 15 is 0 Å². The zero-order chi connectivity index (χ0) is 20.4. The van der Waals surface area contributed by atoms with Crippen LogP contribution in [-0.2, 0) is 30.5 Å². The van der Waals surface area contributed by atoms with Crippen LogP contribution in [0.3, 0.4) is 0 Å². The summed E-state index contributed by atoms with van der Waals surface area (Å²) in [6.07, 6.45) is 0.826. The van der Waals surface area contributed by atoms with Gasteiger partial charge in [0.15, 0.2) is 0 Å². The Hall–Kier alpha value is -2.91.